The van der Waals surface area contributed by atoms with Crippen molar-refractivity contribution in [1.82, 2.24) is 14.8 Å². The third-order valence-electron chi connectivity index (χ3n) is 4.73. The van der Waals surface area contributed by atoms with Crippen molar-refractivity contribution < 1.29 is 4.79 Å². The van der Waals surface area contributed by atoms with Crippen molar-refractivity contribution in [3.8, 4) is 12.1 Å². The van der Waals surface area contributed by atoms with Crippen molar-refractivity contribution in [3.05, 3.63) is 35.3 Å². The lowest BCUT2D eigenvalue weighted by Crippen LogP contribution is -2.46. The molecule has 1 amide bonds. The predicted octanol–water partition coefficient (Wildman–Crippen LogP) is 0.146. The van der Waals surface area contributed by atoms with E-state index in [2.05, 4.69) is 27.3 Å². The minimum atomic E-state index is -0.668. The first kappa shape index (κ1) is 17.0. The number of H-pyrrole nitrogens is 1. The molecule has 0 saturated heterocycles. The van der Waals surface area contributed by atoms with Crippen LogP contribution in [0.1, 0.15) is 40.7 Å². The summed E-state index contributed by atoms with van der Waals surface area (Å²) >= 11 is 0. The molecule has 1 saturated carbocycles. The van der Waals surface area contributed by atoms with Crippen LogP contribution in [0.3, 0.4) is 0 Å². The molecule has 3 rings (SSSR count). The lowest BCUT2D eigenvalue weighted by Gasteiger charge is -2.43. The SMILES string of the molecule is N#CCC1(n2cc(/C(=N/N)c3c(C(N)=O)c[nH]c3N)cn2)CC(C#N)C1. The van der Waals surface area contributed by atoms with E-state index in [9.17, 15) is 4.79 Å². The van der Waals surface area contributed by atoms with Gasteiger partial charge in [-0.05, 0) is 12.8 Å². The lowest BCUT2D eigenvalue weighted by atomic mass is 9.67. The van der Waals surface area contributed by atoms with E-state index in [-0.39, 0.29) is 29.4 Å². The van der Waals surface area contributed by atoms with Crippen LogP contribution >= 0.6 is 0 Å². The fourth-order valence-electron chi connectivity index (χ4n) is 3.39. The number of primary amides is 1. The second-order valence-electron chi connectivity index (χ2n) is 6.30. The number of rotatable bonds is 5. The number of hydrogen-bond acceptors (Lipinski definition) is 7. The monoisotopic (exact) mass is 351 g/mol. The number of aromatic nitrogens is 3. The molecule has 132 valence electrons. The van der Waals surface area contributed by atoms with E-state index in [1.54, 1.807) is 10.9 Å². The average Bonchev–Trinajstić information content (AvgIpc) is 3.20. The topological polar surface area (TPSA) is 189 Å². The fraction of sp³-hybridized carbons (Fsp3) is 0.312. The molecule has 0 radical (unpaired) electrons. The first-order valence-electron chi connectivity index (χ1n) is 7.82. The number of nitriles is 2. The summed E-state index contributed by atoms with van der Waals surface area (Å²) in [6, 6.07) is 4.36. The van der Waals surface area contributed by atoms with Crippen molar-refractivity contribution in [2.24, 2.45) is 22.6 Å². The first-order chi connectivity index (χ1) is 12.5. The third kappa shape index (κ3) is 2.54. The maximum absolute atomic E-state index is 11.6. The summed E-state index contributed by atoms with van der Waals surface area (Å²) in [5, 5.41) is 26.3. The molecule has 7 N–H and O–H groups in total. The van der Waals surface area contributed by atoms with E-state index in [1.807, 2.05) is 0 Å². The Morgan fingerprint density at radius 1 is 1.50 bits per heavy atom. The zero-order chi connectivity index (χ0) is 18.9. The highest BCUT2D eigenvalue weighted by Gasteiger charge is 2.46. The Kier molecular flexibility index (Phi) is 4.10. The number of carbonyl (C=O) groups excluding carboxylic acids is 1. The minimum absolute atomic E-state index is 0.0968. The number of amides is 1. The molecule has 0 bridgehead atoms. The third-order valence-corrected chi connectivity index (χ3v) is 4.73. The number of hydrazone groups is 1. The number of nitrogens with zero attached hydrogens (tertiary/aromatic N) is 5. The van der Waals surface area contributed by atoms with E-state index < -0.39 is 11.4 Å². The summed E-state index contributed by atoms with van der Waals surface area (Å²) in [7, 11) is 0. The van der Waals surface area contributed by atoms with Gasteiger partial charge in [0, 0.05) is 18.0 Å². The Labute approximate surface area is 148 Å². The van der Waals surface area contributed by atoms with Gasteiger partial charge in [0.15, 0.2) is 0 Å². The van der Waals surface area contributed by atoms with Gasteiger partial charge in [-0.2, -0.15) is 20.7 Å². The summed E-state index contributed by atoms with van der Waals surface area (Å²) in [5.41, 5.74) is 12.0. The summed E-state index contributed by atoms with van der Waals surface area (Å²) < 4.78 is 1.66. The molecule has 0 atom stereocenters. The van der Waals surface area contributed by atoms with Gasteiger partial charge in [0.1, 0.15) is 11.5 Å². The summed E-state index contributed by atoms with van der Waals surface area (Å²) in [5.74, 6) is 4.97. The molecule has 26 heavy (non-hydrogen) atoms. The smallest absolute Gasteiger partial charge is 0.251 e. The maximum atomic E-state index is 11.6. The number of nitrogen functional groups attached to an aromatic ring is 1. The van der Waals surface area contributed by atoms with Crippen molar-refractivity contribution >= 4 is 17.4 Å². The van der Waals surface area contributed by atoms with Crippen LogP contribution in [0.5, 0.6) is 0 Å². The predicted molar refractivity (Wildman–Crippen MR) is 92.3 cm³/mol. The van der Waals surface area contributed by atoms with Gasteiger partial charge in [-0.3, -0.25) is 9.48 Å². The number of nitrogens with two attached hydrogens (primary N) is 3. The van der Waals surface area contributed by atoms with Crippen LogP contribution < -0.4 is 17.3 Å². The van der Waals surface area contributed by atoms with Crippen LogP contribution in [0.4, 0.5) is 5.82 Å². The molecule has 1 fully saturated rings. The molecule has 2 heterocycles. The molecule has 1 aliphatic carbocycles. The number of nitrogens with one attached hydrogen (secondary N) is 1. The molecule has 1 aliphatic rings. The maximum Gasteiger partial charge on any atom is 0.251 e. The standard InChI is InChI=1S/C16H17N9O/c17-2-1-16(3-9(4-16)5-18)25-8-10(6-23-25)13(24-21)12-11(15(20)26)7-22-14(12)19/h6-9,22H,1,3-4,19,21H2,(H2,20,26)/b24-13-. The molecule has 10 nitrogen and oxygen atoms in total. The molecule has 2 aromatic heterocycles. The van der Waals surface area contributed by atoms with Crippen LogP contribution in [0, 0.1) is 28.6 Å². The molecule has 0 spiro atoms. The average molecular weight is 351 g/mol. The summed E-state index contributed by atoms with van der Waals surface area (Å²) in [4.78, 5) is 14.4. The van der Waals surface area contributed by atoms with Crippen molar-refractivity contribution in [2.45, 2.75) is 24.8 Å². The van der Waals surface area contributed by atoms with E-state index in [0.29, 0.717) is 24.0 Å². The number of carbonyl (C=O) groups is 1. The highest BCUT2D eigenvalue weighted by molar-refractivity contribution is 6.20. The van der Waals surface area contributed by atoms with E-state index in [4.69, 9.17) is 27.8 Å². The Bertz CT molecular complexity index is 963. The zero-order valence-electron chi connectivity index (χ0n) is 13.8. The Morgan fingerprint density at radius 3 is 2.81 bits per heavy atom. The normalized spacial score (nSPS) is 22.2. The highest BCUT2D eigenvalue weighted by atomic mass is 16.1. The van der Waals surface area contributed by atoms with Crippen LogP contribution in [-0.4, -0.2) is 26.4 Å². The summed E-state index contributed by atoms with van der Waals surface area (Å²) in [6.07, 6.45) is 5.94. The van der Waals surface area contributed by atoms with E-state index in [0.717, 1.165) is 0 Å². The second kappa shape index (κ2) is 6.26. The lowest BCUT2D eigenvalue weighted by molar-refractivity contribution is 0.0881. The summed E-state index contributed by atoms with van der Waals surface area (Å²) in [6.45, 7) is 0. The molecule has 0 aliphatic heterocycles. The van der Waals surface area contributed by atoms with Gasteiger partial charge in [-0.15, -0.1) is 0 Å². The fourth-order valence-corrected chi connectivity index (χ4v) is 3.39. The number of hydrogen-bond donors (Lipinski definition) is 4. The quantitative estimate of drug-likeness (QED) is 0.336. The van der Waals surface area contributed by atoms with Gasteiger partial charge < -0.3 is 22.3 Å². The van der Waals surface area contributed by atoms with E-state index in [1.165, 1.54) is 12.4 Å². The molecular formula is C16H17N9O. The molecular weight excluding hydrogens is 334 g/mol. The van der Waals surface area contributed by atoms with Crippen LogP contribution in [0.25, 0.3) is 0 Å². The number of aromatic amines is 1. The van der Waals surface area contributed by atoms with Crippen molar-refractivity contribution in [3.63, 3.8) is 0 Å². The van der Waals surface area contributed by atoms with Gasteiger partial charge >= 0.3 is 0 Å². The van der Waals surface area contributed by atoms with Crippen LogP contribution in [-0.2, 0) is 5.54 Å². The Morgan fingerprint density at radius 2 is 2.23 bits per heavy atom. The largest absolute Gasteiger partial charge is 0.385 e. The Balaban J connectivity index is 1.99. The Hall–Kier alpha value is -3.79. The minimum Gasteiger partial charge on any atom is -0.385 e. The van der Waals surface area contributed by atoms with Gasteiger partial charge in [-0.25, -0.2) is 0 Å². The van der Waals surface area contributed by atoms with Crippen LogP contribution in [0.2, 0.25) is 0 Å². The van der Waals surface area contributed by atoms with Gasteiger partial charge in [-0.1, -0.05) is 0 Å². The van der Waals surface area contributed by atoms with Gasteiger partial charge in [0.2, 0.25) is 0 Å². The number of anilines is 1. The van der Waals surface area contributed by atoms with Crippen LogP contribution in [0.15, 0.2) is 23.7 Å². The highest BCUT2D eigenvalue weighted by Crippen LogP contribution is 2.45. The second-order valence-corrected chi connectivity index (χ2v) is 6.30. The molecule has 0 aromatic carbocycles. The molecule has 0 unspecified atom stereocenters. The van der Waals surface area contributed by atoms with Crippen molar-refractivity contribution in [2.75, 3.05) is 5.73 Å². The van der Waals surface area contributed by atoms with Gasteiger partial charge in [0.05, 0.1) is 47.3 Å². The first-order valence-corrected chi connectivity index (χ1v) is 7.82. The van der Waals surface area contributed by atoms with Crippen molar-refractivity contribution in [1.29, 1.82) is 10.5 Å². The van der Waals surface area contributed by atoms with E-state index >= 15 is 0 Å². The molecule has 2 aromatic rings. The zero-order valence-corrected chi connectivity index (χ0v) is 13.8. The molecule has 10 heteroatoms. The van der Waals surface area contributed by atoms with Gasteiger partial charge in [0.25, 0.3) is 5.91 Å².